The second-order valence-corrected chi connectivity index (χ2v) is 11.1. The number of rotatable bonds is 5. The molecule has 200 valence electrons. The molecule has 0 radical (unpaired) electrons. The molecule has 0 bridgehead atoms. The van der Waals surface area contributed by atoms with E-state index in [2.05, 4.69) is 144 Å². The Kier molecular flexibility index (Phi) is 5.61. The van der Waals surface area contributed by atoms with Crippen molar-refractivity contribution in [2.24, 2.45) is 0 Å². The van der Waals surface area contributed by atoms with Gasteiger partial charge in [-0.05, 0) is 89.7 Å². The molecule has 0 N–H and O–H groups in total. The molecular formula is C40H30N2. The molecule has 0 amide bonds. The third-order valence-electron chi connectivity index (χ3n) is 8.67. The third kappa shape index (κ3) is 3.73. The van der Waals surface area contributed by atoms with E-state index in [1.807, 2.05) is 12.2 Å². The normalized spacial score (nSPS) is 12.7. The van der Waals surface area contributed by atoms with E-state index in [-0.39, 0.29) is 0 Å². The van der Waals surface area contributed by atoms with Gasteiger partial charge in [-0.25, -0.2) is 0 Å². The lowest BCUT2D eigenvalue weighted by molar-refractivity contribution is 0.888. The van der Waals surface area contributed by atoms with E-state index in [4.69, 9.17) is 0 Å². The SMILES string of the molecule is C=Cc1cccc(-n2c3c(c4cc(-c5ccc6c(c5)c5ccccc5n6-c5cccc(C=C)c5)ccc42)C=CCC3)c1. The standard InChI is InChI=1S/C40H30N2/c1-3-27-11-9-13-31(23-27)41-37-17-7-5-15-33(37)35-25-29(19-21-39(35)41)30-20-22-40-36(26-30)34-16-6-8-18-38(34)42(40)32-14-10-12-28(4-2)24-32/h3-7,9-17,19-26H,1-2,8,18H2. The Balaban J connectivity index is 1.32. The van der Waals surface area contributed by atoms with Crippen LogP contribution in [-0.4, -0.2) is 9.13 Å². The summed E-state index contributed by atoms with van der Waals surface area (Å²) in [7, 11) is 0. The monoisotopic (exact) mass is 538 g/mol. The van der Waals surface area contributed by atoms with Crippen LogP contribution in [0.4, 0.5) is 0 Å². The summed E-state index contributed by atoms with van der Waals surface area (Å²) in [6.07, 6.45) is 10.5. The van der Waals surface area contributed by atoms with Gasteiger partial charge in [0.1, 0.15) is 0 Å². The molecule has 0 atom stereocenters. The maximum absolute atomic E-state index is 3.99. The van der Waals surface area contributed by atoms with Gasteiger partial charge in [0, 0.05) is 38.8 Å². The zero-order valence-corrected chi connectivity index (χ0v) is 23.4. The molecule has 2 aromatic heterocycles. The minimum absolute atomic E-state index is 1.03. The molecule has 5 aromatic carbocycles. The van der Waals surface area contributed by atoms with Crippen LogP contribution >= 0.6 is 0 Å². The van der Waals surface area contributed by atoms with E-state index in [9.17, 15) is 0 Å². The molecule has 2 nitrogen and oxygen atoms in total. The fraction of sp³-hybridized carbons (Fsp3) is 0.0500. The zero-order valence-electron chi connectivity index (χ0n) is 23.4. The maximum atomic E-state index is 3.99. The van der Waals surface area contributed by atoms with Crippen LogP contribution in [0.15, 0.2) is 128 Å². The van der Waals surface area contributed by atoms with Gasteiger partial charge in [0.25, 0.3) is 0 Å². The first-order valence-electron chi connectivity index (χ1n) is 14.6. The third-order valence-corrected chi connectivity index (χ3v) is 8.67. The predicted molar refractivity (Wildman–Crippen MR) is 181 cm³/mol. The van der Waals surface area contributed by atoms with Crippen molar-refractivity contribution in [3.8, 4) is 22.5 Å². The minimum atomic E-state index is 1.03. The van der Waals surface area contributed by atoms with E-state index in [1.165, 1.54) is 60.8 Å². The van der Waals surface area contributed by atoms with E-state index in [0.29, 0.717) is 0 Å². The number of hydrogen-bond acceptors (Lipinski definition) is 0. The lowest BCUT2D eigenvalue weighted by Crippen LogP contribution is -2.03. The summed E-state index contributed by atoms with van der Waals surface area (Å²) in [5.41, 5.74) is 13.4. The average molecular weight is 539 g/mol. The van der Waals surface area contributed by atoms with Crippen molar-refractivity contribution in [1.82, 2.24) is 9.13 Å². The Morgan fingerprint density at radius 1 is 0.548 bits per heavy atom. The van der Waals surface area contributed by atoms with Crippen molar-refractivity contribution in [2.45, 2.75) is 12.8 Å². The van der Waals surface area contributed by atoms with E-state index in [1.54, 1.807) is 0 Å². The summed E-state index contributed by atoms with van der Waals surface area (Å²) in [6, 6.07) is 39.8. The Labute approximate surface area is 245 Å². The highest BCUT2D eigenvalue weighted by atomic mass is 15.0. The number of nitrogens with zero attached hydrogens (tertiary/aromatic N) is 2. The highest BCUT2D eigenvalue weighted by Crippen LogP contribution is 2.39. The van der Waals surface area contributed by atoms with Crippen molar-refractivity contribution in [2.75, 3.05) is 0 Å². The van der Waals surface area contributed by atoms with Gasteiger partial charge in [-0.2, -0.15) is 0 Å². The maximum Gasteiger partial charge on any atom is 0.0541 e. The summed E-state index contributed by atoms with van der Waals surface area (Å²) in [6.45, 7) is 7.97. The molecule has 1 aliphatic rings. The van der Waals surface area contributed by atoms with Crippen LogP contribution < -0.4 is 0 Å². The topological polar surface area (TPSA) is 9.86 Å². The lowest BCUT2D eigenvalue weighted by atomic mass is 9.98. The molecule has 7 aromatic rings. The van der Waals surface area contributed by atoms with E-state index in [0.717, 1.165) is 29.7 Å². The molecule has 0 unspecified atom stereocenters. The van der Waals surface area contributed by atoms with Crippen LogP contribution in [0.5, 0.6) is 0 Å². The van der Waals surface area contributed by atoms with Gasteiger partial charge in [-0.3, -0.25) is 0 Å². The Morgan fingerprint density at radius 2 is 1.17 bits per heavy atom. The number of benzene rings is 5. The van der Waals surface area contributed by atoms with Gasteiger partial charge in [-0.15, -0.1) is 0 Å². The first-order valence-corrected chi connectivity index (χ1v) is 14.6. The molecule has 0 fully saturated rings. The summed E-state index contributed by atoms with van der Waals surface area (Å²) < 4.78 is 4.81. The van der Waals surface area contributed by atoms with Crippen LogP contribution in [0.2, 0.25) is 0 Å². The quantitative estimate of drug-likeness (QED) is 0.206. The molecule has 42 heavy (non-hydrogen) atoms. The van der Waals surface area contributed by atoms with E-state index >= 15 is 0 Å². The number of fused-ring (bicyclic) bond motifs is 6. The molecule has 0 saturated carbocycles. The Hall–Kier alpha value is -5.34. The largest absolute Gasteiger partial charge is 0.313 e. The summed E-state index contributed by atoms with van der Waals surface area (Å²) in [4.78, 5) is 0. The van der Waals surface area contributed by atoms with Gasteiger partial charge in [0.15, 0.2) is 0 Å². The van der Waals surface area contributed by atoms with Gasteiger partial charge in [0.05, 0.1) is 16.6 Å². The molecule has 8 rings (SSSR count). The lowest BCUT2D eigenvalue weighted by Gasteiger charge is -2.14. The van der Waals surface area contributed by atoms with Crippen LogP contribution in [0, 0.1) is 0 Å². The molecule has 2 heteroatoms. The number of hydrogen-bond donors (Lipinski definition) is 0. The summed E-state index contributed by atoms with van der Waals surface area (Å²) in [5.74, 6) is 0. The predicted octanol–water partition coefficient (Wildman–Crippen LogP) is 10.6. The molecular weight excluding hydrogens is 508 g/mol. The van der Waals surface area contributed by atoms with Gasteiger partial charge < -0.3 is 9.13 Å². The van der Waals surface area contributed by atoms with Crippen molar-refractivity contribution in [3.05, 3.63) is 151 Å². The molecule has 1 aliphatic carbocycles. The fourth-order valence-corrected chi connectivity index (χ4v) is 6.71. The fourth-order valence-electron chi connectivity index (χ4n) is 6.71. The van der Waals surface area contributed by atoms with Crippen LogP contribution in [0.25, 0.3) is 73.4 Å². The zero-order chi connectivity index (χ0) is 28.2. The molecule has 0 aliphatic heterocycles. The van der Waals surface area contributed by atoms with Gasteiger partial charge in [0.2, 0.25) is 0 Å². The van der Waals surface area contributed by atoms with Crippen LogP contribution in [0.3, 0.4) is 0 Å². The summed E-state index contributed by atoms with van der Waals surface area (Å²) >= 11 is 0. The number of aromatic nitrogens is 2. The number of para-hydroxylation sites is 1. The van der Waals surface area contributed by atoms with E-state index < -0.39 is 0 Å². The summed E-state index contributed by atoms with van der Waals surface area (Å²) in [5, 5.41) is 3.81. The highest BCUT2D eigenvalue weighted by Gasteiger charge is 2.20. The second kappa shape index (κ2) is 9.64. The second-order valence-electron chi connectivity index (χ2n) is 11.1. The molecule has 0 spiro atoms. The molecule has 0 saturated heterocycles. The average Bonchev–Trinajstić information content (AvgIpc) is 3.57. The van der Waals surface area contributed by atoms with Gasteiger partial charge in [-0.1, -0.05) is 92.1 Å². The highest BCUT2D eigenvalue weighted by molar-refractivity contribution is 6.10. The van der Waals surface area contributed by atoms with Crippen molar-refractivity contribution >= 4 is 50.9 Å². The smallest absolute Gasteiger partial charge is 0.0541 e. The Morgan fingerprint density at radius 3 is 1.88 bits per heavy atom. The van der Waals surface area contributed by atoms with Crippen LogP contribution in [0.1, 0.15) is 28.8 Å². The van der Waals surface area contributed by atoms with Crippen molar-refractivity contribution in [1.29, 1.82) is 0 Å². The van der Waals surface area contributed by atoms with Gasteiger partial charge >= 0.3 is 0 Å². The number of allylic oxidation sites excluding steroid dienone is 1. The van der Waals surface area contributed by atoms with Crippen molar-refractivity contribution < 1.29 is 0 Å². The van der Waals surface area contributed by atoms with Crippen molar-refractivity contribution in [3.63, 3.8) is 0 Å². The first kappa shape index (κ1) is 24.5. The Bertz CT molecular complexity index is 2230. The minimum Gasteiger partial charge on any atom is -0.313 e. The first-order chi connectivity index (χ1) is 20.7. The molecule has 2 heterocycles. The van der Waals surface area contributed by atoms with Crippen LogP contribution in [-0.2, 0) is 6.42 Å².